The molecule has 0 saturated heterocycles. The summed E-state index contributed by atoms with van der Waals surface area (Å²) in [4.78, 5) is 14.0. The van der Waals surface area contributed by atoms with E-state index in [9.17, 15) is 0 Å². The minimum absolute atomic E-state index is 0.106. The molecule has 176 valence electrons. The Hall–Kier alpha value is -2.29. The molecule has 1 aromatic heterocycles. The molecule has 1 saturated carbocycles. The van der Waals surface area contributed by atoms with E-state index in [2.05, 4.69) is 65.6 Å². The van der Waals surface area contributed by atoms with Crippen LogP contribution in [-0.2, 0) is 14.9 Å². The molecule has 0 bridgehead atoms. The molecule has 0 radical (unpaired) electrons. The molecule has 3 rings (SSSR count). The molecule has 1 heterocycles. The van der Waals surface area contributed by atoms with Gasteiger partial charge in [0.2, 0.25) is 11.9 Å². The average Bonchev–Trinajstić information content (AvgIpc) is 3.28. The first kappa shape index (κ1) is 24.4. The molecule has 2 aromatic rings. The summed E-state index contributed by atoms with van der Waals surface area (Å²) in [6, 6.07) is 8.90. The van der Waals surface area contributed by atoms with Gasteiger partial charge in [0.25, 0.3) is 0 Å². The van der Waals surface area contributed by atoms with Gasteiger partial charge in [-0.3, -0.25) is 0 Å². The number of hydrogen-bond donors (Lipinski definition) is 3. The zero-order valence-corrected chi connectivity index (χ0v) is 19.7. The lowest BCUT2D eigenvalue weighted by Gasteiger charge is -2.19. The van der Waals surface area contributed by atoms with Crippen LogP contribution in [0.25, 0.3) is 11.4 Å². The summed E-state index contributed by atoms with van der Waals surface area (Å²) in [5.74, 6) is 1.85. The van der Waals surface area contributed by atoms with Gasteiger partial charge in [0.15, 0.2) is 5.82 Å². The topological polar surface area (TPSA) is 107 Å². The van der Waals surface area contributed by atoms with Gasteiger partial charge in [0, 0.05) is 24.7 Å². The Morgan fingerprint density at radius 2 is 1.56 bits per heavy atom. The maximum Gasteiger partial charge on any atom is 0.228 e. The quantitative estimate of drug-likeness (QED) is 0.428. The SMILES string of the molecule is CC(C)(C)c1ccc(-c2nc(NCCOCCOCCN)nc(NC3CCCC3)n2)cc1. The largest absolute Gasteiger partial charge is 0.378 e. The van der Waals surface area contributed by atoms with Gasteiger partial charge < -0.3 is 25.8 Å². The fourth-order valence-electron chi connectivity index (χ4n) is 3.66. The molecular formula is C24H38N6O2. The average molecular weight is 443 g/mol. The number of nitrogens with zero attached hydrogens (tertiary/aromatic N) is 3. The van der Waals surface area contributed by atoms with Crippen molar-refractivity contribution in [2.75, 3.05) is 50.2 Å². The van der Waals surface area contributed by atoms with Crippen molar-refractivity contribution in [2.45, 2.75) is 57.9 Å². The summed E-state index contributed by atoms with van der Waals surface area (Å²) < 4.78 is 10.9. The normalized spacial score (nSPS) is 14.6. The number of anilines is 2. The number of rotatable bonds is 12. The Kier molecular flexibility index (Phi) is 9.20. The monoisotopic (exact) mass is 442 g/mol. The van der Waals surface area contributed by atoms with Crippen molar-refractivity contribution in [2.24, 2.45) is 5.73 Å². The second kappa shape index (κ2) is 12.1. The van der Waals surface area contributed by atoms with E-state index in [-0.39, 0.29) is 5.41 Å². The Balaban J connectivity index is 1.66. The van der Waals surface area contributed by atoms with Crippen molar-refractivity contribution in [3.05, 3.63) is 29.8 Å². The number of nitrogens with two attached hydrogens (primary N) is 1. The molecule has 8 heteroatoms. The van der Waals surface area contributed by atoms with Crippen LogP contribution in [0, 0.1) is 0 Å². The van der Waals surface area contributed by atoms with Gasteiger partial charge in [-0.2, -0.15) is 15.0 Å². The number of hydrogen-bond acceptors (Lipinski definition) is 8. The van der Waals surface area contributed by atoms with Gasteiger partial charge in [0.05, 0.1) is 26.4 Å². The summed E-state index contributed by atoms with van der Waals surface area (Å²) in [5.41, 5.74) is 7.77. The molecule has 8 nitrogen and oxygen atoms in total. The van der Waals surface area contributed by atoms with Crippen LogP contribution >= 0.6 is 0 Å². The van der Waals surface area contributed by atoms with E-state index >= 15 is 0 Å². The third kappa shape index (κ3) is 7.69. The van der Waals surface area contributed by atoms with Gasteiger partial charge in [-0.1, -0.05) is 57.9 Å². The molecule has 1 fully saturated rings. The maximum absolute atomic E-state index is 5.58. The minimum atomic E-state index is 0.106. The number of nitrogens with one attached hydrogen (secondary N) is 2. The van der Waals surface area contributed by atoms with E-state index in [4.69, 9.17) is 20.2 Å². The van der Waals surface area contributed by atoms with Crippen LogP contribution < -0.4 is 16.4 Å². The summed E-state index contributed by atoms with van der Waals surface area (Å²) in [6.07, 6.45) is 4.82. The van der Waals surface area contributed by atoms with Crippen LogP contribution in [0.3, 0.4) is 0 Å². The third-order valence-electron chi connectivity index (χ3n) is 5.50. The lowest BCUT2D eigenvalue weighted by molar-refractivity contribution is 0.0547. The first-order valence-corrected chi connectivity index (χ1v) is 11.7. The highest BCUT2D eigenvalue weighted by Gasteiger charge is 2.18. The van der Waals surface area contributed by atoms with Gasteiger partial charge in [0.1, 0.15) is 0 Å². The molecule has 0 amide bonds. The van der Waals surface area contributed by atoms with Crippen molar-refractivity contribution < 1.29 is 9.47 Å². The number of aromatic nitrogens is 3. The summed E-state index contributed by atoms with van der Waals surface area (Å²) in [6.45, 7) is 9.95. The van der Waals surface area contributed by atoms with Crippen LogP contribution in [0.5, 0.6) is 0 Å². The van der Waals surface area contributed by atoms with Crippen molar-refractivity contribution in [1.29, 1.82) is 0 Å². The first-order chi connectivity index (χ1) is 15.5. The Morgan fingerprint density at radius 1 is 0.906 bits per heavy atom. The predicted molar refractivity (Wildman–Crippen MR) is 129 cm³/mol. The summed E-state index contributed by atoms with van der Waals surface area (Å²) in [5, 5.41) is 6.77. The minimum Gasteiger partial charge on any atom is -0.378 e. The molecule has 0 atom stereocenters. The lowest BCUT2D eigenvalue weighted by atomic mass is 9.87. The Morgan fingerprint density at radius 3 is 2.22 bits per heavy atom. The molecular weight excluding hydrogens is 404 g/mol. The molecule has 0 spiro atoms. The highest BCUT2D eigenvalue weighted by molar-refractivity contribution is 5.59. The van der Waals surface area contributed by atoms with E-state index in [1.165, 1.54) is 18.4 Å². The standard InChI is InChI=1S/C24H38N6O2/c1-24(2,3)19-10-8-18(9-11-19)21-28-22(26-13-15-32-17-16-31-14-12-25)30-23(29-21)27-20-6-4-5-7-20/h8-11,20H,4-7,12-17,25H2,1-3H3,(H2,26,27,28,29,30). The van der Waals surface area contributed by atoms with Crippen molar-refractivity contribution in [1.82, 2.24) is 15.0 Å². The van der Waals surface area contributed by atoms with Crippen molar-refractivity contribution >= 4 is 11.9 Å². The molecule has 1 aliphatic carbocycles. The van der Waals surface area contributed by atoms with Crippen LogP contribution in [0.4, 0.5) is 11.9 Å². The first-order valence-electron chi connectivity index (χ1n) is 11.7. The molecule has 1 aliphatic rings. The molecule has 4 N–H and O–H groups in total. The smallest absolute Gasteiger partial charge is 0.228 e. The Bertz CT molecular complexity index is 816. The molecule has 0 unspecified atom stereocenters. The van der Waals surface area contributed by atoms with E-state index in [1.54, 1.807) is 0 Å². The molecule has 32 heavy (non-hydrogen) atoms. The van der Waals surface area contributed by atoms with Gasteiger partial charge >= 0.3 is 0 Å². The maximum atomic E-state index is 5.58. The van der Waals surface area contributed by atoms with Gasteiger partial charge in [-0.15, -0.1) is 0 Å². The van der Waals surface area contributed by atoms with E-state index < -0.39 is 0 Å². The van der Waals surface area contributed by atoms with E-state index in [0.29, 0.717) is 63.3 Å². The van der Waals surface area contributed by atoms with E-state index in [1.807, 2.05) is 0 Å². The predicted octanol–water partition coefficient (Wildman–Crippen LogP) is 3.59. The molecule has 0 aliphatic heterocycles. The number of benzene rings is 1. The second-order valence-corrected chi connectivity index (χ2v) is 9.20. The van der Waals surface area contributed by atoms with E-state index in [0.717, 1.165) is 18.4 Å². The summed E-state index contributed by atoms with van der Waals surface area (Å²) in [7, 11) is 0. The third-order valence-corrected chi connectivity index (χ3v) is 5.50. The van der Waals surface area contributed by atoms with Crippen LogP contribution in [0.15, 0.2) is 24.3 Å². The second-order valence-electron chi connectivity index (χ2n) is 9.20. The van der Waals surface area contributed by atoms with Gasteiger partial charge in [-0.25, -0.2) is 0 Å². The zero-order valence-electron chi connectivity index (χ0n) is 19.7. The Labute approximate surface area is 191 Å². The van der Waals surface area contributed by atoms with Crippen molar-refractivity contribution in [3.63, 3.8) is 0 Å². The molecule has 1 aromatic carbocycles. The van der Waals surface area contributed by atoms with Crippen LogP contribution in [0.2, 0.25) is 0 Å². The van der Waals surface area contributed by atoms with Crippen LogP contribution in [-0.4, -0.2) is 60.5 Å². The highest BCUT2D eigenvalue weighted by Crippen LogP contribution is 2.26. The highest BCUT2D eigenvalue weighted by atomic mass is 16.5. The fourth-order valence-corrected chi connectivity index (χ4v) is 3.66. The fraction of sp³-hybridized carbons (Fsp3) is 0.625. The zero-order chi connectivity index (χ0) is 22.8. The van der Waals surface area contributed by atoms with Gasteiger partial charge in [-0.05, 0) is 23.8 Å². The lowest BCUT2D eigenvalue weighted by Crippen LogP contribution is -2.19. The summed E-state index contributed by atoms with van der Waals surface area (Å²) >= 11 is 0. The number of ether oxygens (including phenoxy) is 2. The van der Waals surface area contributed by atoms with Crippen LogP contribution in [0.1, 0.15) is 52.0 Å². The van der Waals surface area contributed by atoms with Crippen molar-refractivity contribution in [3.8, 4) is 11.4 Å².